The van der Waals surface area contributed by atoms with Crippen LogP contribution in [0, 0.1) is 6.92 Å². The largest absolute Gasteiger partial charge is 0.0761 e. The van der Waals surface area contributed by atoms with Crippen molar-refractivity contribution in [3.05, 3.63) is 119 Å². The van der Waals surface area contributed by atoms with Gasteiger partial charge in [-0.25, -0.2) is 0 Å². The van der Waals surface area contributed by atoms with Crippen molar-refractivity contribution in [2.24, 2.45) is 0 Å². The molecule has 0 saturated carbocycles. The molecule has 0 heteroatoms. The lowest BCUT2D eigenvalue weighted by atomic mass is 9.78. The van der Waals surface area contributed by atoms with Crippen LogP contribution in [0.3, 0.4) is 0 Å². The Kier molecular flexibility index (Phi) is 5.30. The van der Waals surface area contributed by atoms with Crippen molar-refractivity contribution in [2.45, 2.75) is 38.5 Å². The zero-order valence-electron chi connectivity index (χ0n) is 17.0. The van der Waals surface area contributed by atoms with Crippen LogP contribution in [0.25, 0.3) is 11.1 Å². The Morgan fingerprint density at radius 3 is 2.04 bits per heavy atom. The molecule has 3 aromatic carbocycles. The molecule has 0 saturated heterocycles. The molecule has 2 atom stereocenters. The predicted molar refractivity (Wildman–Crippen MR) is 121 cm³/mol. The van der Waals surface area contributed by atoms with Crippen LogP contribution in [0.5, 0.6) is 0 Å². The molecule has 1 aliphatic carbocycles. The van der Waals surface area contributed by atoms with Gasteiger partial charge in [0.1, 0.15) is 0 Å². The summed E-state index contributed by atoms with van der Waals surface area (Å²) in [5.74, 6) is 1.30. The first-order valence-electron chi connectivity index (χ1n) is 10.2. The lowest BCUT2D eigenvalue weighted by Crippen LogP contribution is -2.10. The normalized spacial score (nSPS) is 18.6. The van der Waals surface area contributed by atoms with Crippen molar-refractivity contribution >= 4 is 0 Å². The minimum Gasteiger partial charge on any atom is -0.0761 e. The molecule has 140 valence electrons. The molecular formula is C28H28. The van der Waals surface area contributed by atoms with E-state index in [9.17, 15) is 0 Å². The van der Waals surface area contributed by atoms with E-state index in [0.29, 0.717) is 17.8 Å². The van der Waals surface area contributed by atoms with Crippen LogP contribution in [0.4, 0.5) is 0 Å². The molecule has 0 nitrogen and oxygen atoms in total. The van der Waals surface area contributed by atoms with Gasteiger partial charge in [0.15, 0.2) is 0 Å². The first-order chi connectivity index (χ1) is 13.6. The Morgan fingerprint density at radius 1 is 0.679 bits per heavy atom. The highest BCUT2D eigenvalue weighted by molar-refractivity contribution is 5.68. The molecule has 3 aromatic rings. The van der Waals surface area contributed by atoms with Gasteiger partial charge in [-0.2, -0.15) is 0 Å². The van der Waals surface area contributed by atoms with E-state index >= 15 is 0 Å². The standard InChI is InChI=1S/C28H28/c1-20(2)22-15-17-23(18-16-22)27-13-6-7-14-28(27)25-11-8-10-24(19-25)26-12-5-4-9-21(26)3/h4-20,27-28H,1-3H3. The molecule has 0 radical (unpaired) electrons. The van der Waals surface area contributed by atoms with Gasteiger partial charge < -0.3 is 0 Å². The fourth-order valence-electron chi connectivity index (χ4n) is 4.16. The van der Waals surface area contributed by atoms with Crippen molar-refractivity contribution in [3.8, 4) is 11.1 Å². The second kappa shape index (κ2) is 8.02. The van der Waals surface area contributed by atoms with Crippen molar-refractivity contribution < 1.29 is 0 Å². The van der Waals surface area contributed by atoms with Crippen LogP contribution in [0.2, 0.25) is 0 Å². The lowest BCUT2D eigenvalue weighted by molar-refractivity contribution is 0.728. The summed E-state index contributed by atoms with van der Waals surface area (Å²) in [6, 6.07) is 26.9. The molecule has 0 aliphatic heterocycles. The number of allylic oxidation sites excluding steroid dienone is 4. The maximum absolute atomic E-state index is 2.37. The first-order valence-corrected chi connectivity index (χ1v) is 10.2. The third-order valence-corrected chi connectivity index (χ3v) is 5.85. The van der Waals surface area contributed by atoms with E-state index in [1.165, 1.54) is 33.4 Å². The van der Waals surface area contributed by atoms with Gasteiger partial charge in [-0.1, -0.05) is 111 Å². The smallest absolute Gasteiger partial charge is 0.0125 e. The SMILES string of the molecule is Cc1ccccc1-c1cccc(C2C=CC=CC2c2ccc(C(C)C)cc2)c1. The molecule has 0 bridgehead atoms. The minimum absolute atomic E-state index is 0.360. The van der Waals surface area contributed by atoms with E-state index in [4.69, 9.17) is 0 Å². The lowest BCUT2D eigenvalue weighted by Gasteiger charge is -2.26. The Hall–Kier alpha value is -2.86. The average Bonchev–Trinajstić information content (AvgIpc) is 2.74. The summed E-state index contributed by atoms with van der Waals surface area (Å²) in [7, 11) is 0. The summed E-state index contributed by atoms with van der Waals surface area (Å²) in [4.78, 5) is 0. The first kappa shape index (κ1) is 18.5. The summed E-state index contributed by atoms with van der Waals surface area (Å²) < 4.78 is 0. The molecule has 28 heavy (non-hydrogen) atoms. The van der Waals surface area contributed by atoms with Gasteiger partial charge in [-0.05, 0) is 46.2 Å². The number of rotatable bonds is 4. The monoisotopic (exact) mass is 364 g/mol. The van der Waals surface area contributed by atoms with Crippen LogP contribution >= 0.6 is 0 Å². The summed E-state index contributed by atoms with van der Waals surface area (Å²) in [6.07, 6.45) is 9.06. The average molecular weight is 365 g/mol. The highest BCUT2D eigenvalue weighted by Gasteiger charge is 2.22. The fraction of sp³-hybridized carbons (Fsp3) is 0.214. The number of hydrogen-bond acceptors (Lipinski definition) is 0. The van der Waals surface area contributed by atoms with E-state index < -0.39 is 0 Å². The Morgan fingerprint density at radius 2 is 1.36 bits per heavy atom. The van der Waals surface area contributed by atoms with Crippen LogP contribution in [-0.2, 0) is 0 Å². The van der Waals surface area contributed by atoms with Crippen LogP contribution in [0.15, 0.2) is 97.1 Å². The van der Waals surface area contributed by atoms with Crippen molar-refractivity contribution in [1.82, 2.24) is 0 Å². The number of aryl methyl sites for hydroxylation is 1. The summed E-state index contributed by atoms with van der Waals surface area (Å²) in [5.41, 5.74) is 8.09. The van der Waals surface area contributed by atoms with Gasteiger partial charge in [-0.15, -0.1) is 0 Å². The molecule has 0 aromatic heterocycles. The van der Waals surface area contributed by atoms with Gasteiger partial charge in [0.05, 0.1) is 0 Å². The molecule has 0 N–H and O–H groups in total. The van der Waals surface area contributed by atoms with Gasteiger partial charge in [0, 0.05) is 11.8 Å². The number of hydrogen-bond donors (Lipinski definition) is 0. The Balaban J connectivity index is 1.69. The van der Waals surface area contributed by atoms with Crippen molar-refractivity contribution in [3.63, 3.8) is 0 Å². The highest BCUT2D eigenvalue weighted by atomic mass is 14.3. The summed E-state index contributed by atoms with van der Waals surface area (Å²) in [6.45, 7) is 6.68. The zero-order valence-corrected chi connectivity index (χ0v) is 17.0. The highest BCUT2D eigenvalue weighted by Crippen LogP contribution is 2.39. The molecule has 4 rings (SSSR count). The second-order valence-corrected chi connectivity index (χ2v) is 8.08. The third kappa shape index (κ3) is 3.73. The maximum atomic E-state index is 2.37. The molecule has 2 unspecified atom stereocenters. The van der Waals surface area contributed by atoms with Gasteiger partial charge >= 0.3 is 0 Å². The molecule has 0 amide bonds. The Labute approximate surface area is 169 Å². The van der Waals surface area contributed by atoms with Crippen LogP contribution in [0.1, 0.15) is 53.9 Å². The van der Waals surface area contributed by atoms with E-state index in [1.807, 2.05) is 0 Å². The molecular weight excluding hydrogens is 336 g/mol. The fourth-order valence-corrected chi connectivity index (χ4v) is 4.16. The van der Waals surface area contributed by atoms with Crippen LogP contribution in [-0.4, -0.2) is 0 Å². The Bertz CT molecular complexity index is 1000. The third-order valence-electron chi connectivity index (χ3n) is 5.85. The molecule has 1 aliphatic rings. The quantitative estimate of drug-likeness (QED) is 0.443. The zero-order chi connectivity index (χ0) is 19.5. The molecule has 0 spiro atoms. The molecule has 0 heterocycles. The maximum Gasteiger partial charge on any atom is 0.0125 e. The van der Waals surface area contributed by atoms with Crippen LogP contribution < -0.4 is 0 Å². The van der Waals surface area contributed by atoms with Gasteiger partial charge in [0.25, 0.3) is 0 Å². The van der Waals surface area contributed by atoms with Gasteiger partial charge in [0.2, 0.25) is 0 Å². The molecule has 0 fully saturated rings. The predicted octanol–water partition coefficient (Wildman–Crippen LogP) is 7.78. The topological polar surface area (TPSA) is 0 Å². The van der Waals surface area contributed by atoms with E-state index in [2.05, 4.69) is 118 Å². The van der Waals surface area contributed by atoms with Crippen molar-refractivity contribution in [1.29, 1.82) is 0 Å². The minimum atomic E-state index is 0.360. The van der Waals surface area contributed by atoms with E-state index in [-0.39, 0.29) is 0 Å². The summed E-state index contributed by atoms with van der Waals surface area (Å²) in [5, 5.41) is 0. The van der Waals surface area contributed by atoms with E-state index in [0.717, 1.165) is 0 Å². The van der Waals surface area contributed by atoms with E-state index in [1.54, 1.807) is 0 Å². The number of benzene rings is 3. The second-order valence-electron chi connectivity index (χ2n) is 8.08. The summed E-state index contributed by atoms with van der Waals surface area (Å²) >= 11 is 0. The van der Waals surface area contributed by atoms with Gasteiger partial charge in [-0.3, -0.25) is 0 Å². The van der Waals surface area contributed by atoms with Crippen molar-refractivity contribution in [2.75, 3.05) is 0 Å².